The number of nitrogens with zero attached hydrogens (tertiary/aromatic N) is 1. The van der Waals surface area contributed by atoms with E-state index in [0.29, 0.717) is 18.8 Å². The Morgan fingerprint density at radius 1 is 1.53 bits per heavy atom. The molecule has 0 heterocycles. The van der Waals surface area contributed by atoms with Crippen LogP contribution >= 0.6 is 0 Å². The maximum absolute atomic E-state index is 10.2. The number of ether oxygens (including phenoxy) is 1. The molecular weight excluding hydrogens is 198 g/mol. The first-order chi connectivity index (χ1) is 7.13. The van der Waals surface area contributed by atoms with Gasteiger partial charge < -0.3 is 9.84 Å². The van der Waals surface area contributed by atoms with Gasteiger partial charge in [-0.15, -0.1) is 0 Å². The largest absolute Gasteiger partial charge is 0.504 e. The molecule has 0 saturated carbocycles. The second kappa shape index (κ2) is 5.19. The van der Waals surface area contributed by atoms with Crippen LogP contribution in [-0.4, -0.2) is 23.2 Å². The van der Waals surface area contributed by atoms with Gasteiger partial charge in [-0.1, -0.05) is 6.07 Å². The van der Waals surface area contributed by atoms with Gasteiger partial charge in [0.15, 0.2) is 11.5 Å². The molecule has 0 saturated heterocycles. The molecule has 82 valence electrons. The maximum atomic E-state index is 10.2. The number of aromatic hydroxyl groups is 1. The molecule has 0 amide bonds. The number of rotatable bonds is 5. The fraction of sp³-hybridized carbons (Fsp3) is 0.400. The minimum atomic E-state index is -0.368. The molecule has 0 radical (unpaired) electrons. The van der Waals surface area contributed by atoms with Crippen LogP contribution in [0.5, 0.6) is 11.5 Å². The van der Waals surface area contributed by atoms with E-state index in [-0.39, 0.29) is 17.2 Å². The van der Waals surface area contributed by atoms with Crippen LogP contribution in [0, 0.1) is 10.1 Å². The van der Waals surface area contributed by atoms with Crippen molar-refractivity contribution in [2.75, 3.05) is 13.2 Å². The molecule has 0 atom stereocenters. The highest BCUT2D eigenvalue weighted by Gasteiger charge is 2.05. The van der Waals surface area contributed by atoms with Gasteiger partial charge in [0.25, 0.3) is 0 Å². The summed E-state index contributed by atoms with van der Waals surface area (Å²) in [6, 6.07) is 4.77. The summed E-state index contributed by atoms with van der Waals surface area (Å²) in [7, 11) is 0. The maximum Gasteiger partial charge on any atom is 0.207 e. The summed E-state index contributed by atoms with van der Waals surface area (Å²) < 4.78 is 5.16. The molecule has 0 aliphatic carbocycles. The molecule has 0 bridgehead atoms. The molecule has 1 aromatic rings. The van der Waals surface area contributed by atoms with E-state index in [2.05, 4.69) is 0 Å². The van der Waals surface area contributed by atoms with Gasteiger partial charge in [-0.3, -0.25) is 10.1 Å². The summed E-state index contributed by atoms with van der Waals surface area (Å²) >= 11 is 0. The highest BCUT2D eigenvalue weighted by atomic mass is 16.6. The summed E-state index contributed by atoms with van der Waals surface area (Å²) in [5, 5.41) is 19.6. The van der Waals surface area contributed by atoms with Crippen LogP contribution < -0.4 is 4.74 Å². The van der Waals surface area contributed by atoms with E-state index in [1.807, 2.05) is 6.92 Å². The van der Waals surface area contributed by atoms with Gasteiger partial charge in [-0.25, -0.2) is 0 Å². The van der Waals surface area contributed by atoms with E-state index < -0.39 is 0 Å². The number of hydrogen-bond acceptors (Lipinski definition) is 4. The molecule has 0 aliphatic rings. The molecule has 5 nitrogen and oxygen atoms in total. The minimum Gasteiger partial charge on any atom is -0.504 e. The topological polar surface area (TPSA) is 72.6 Å². The van der Waals surface area contributed by atoms with E-state index in [0.717, 1.165) is 5.56 Å². The standard InChI is InChI=1S/C10H13NO4/c1-2-15-10-7-8(3-4-9(10)12)5-6-11(13)14/h3-4,7,12H,2,5-6H2,1H3. The van der Waals surface area contributed by atoms with Crippen molar-refractivity contribution in [3.8, 4) is 11.5 Å². The van der Waals surface area contributed by atoms with Crippen LogP contribution in [-0.2, 0) is 6.42 Å². The highest BCUT2D eigenvalue weighted by molar-refractivity contribution is 5.41. The Labute approximate surface area is 87.5 Å². The van der Waals surface area contributed by atoms with Gasteiger partial charge in [0.2, 0.25) is 6.54 Å². The normalized spacial score (nSPS) is 9.93. The molecule has 15 heavy (non-hydrogen) atoms. The second-order valence-electron chi connectivity index (χ2n) is 3.04. The van der Waals surface area contributed by atoms with Crippen LogP contribution in [0.3, 0.4) is 0 Å². The zero-order valence-corrected chi connectivity index (χ0v) is 8.47. The zero-order valence-electron chi connectivity index (χ0n) is 8.47. The van der Waals surface area contributed by atoms with Gasteiger partial charge >= 0.3 is 0 Å². The van der Waals surface area contributed by atoms with E-state index >= 15 is 0 Å². The molecule has 1 rings (SSSR count). The minimum absolute atomic E-state index is 0.0571. The van der Waals surface area contributed by atoms with Crippen LogP contribution in [0.1, 0.15) is 12.5 Å². The lowest BCUT2D eigenvalue weighted by molar-refractivity contribution is -0.479. The molecule has 1 N–H and O–H groups in total. The van der Waals surface area contributed by atoms with E-state index in [4.69, 9.17) is 4.74 Å². The third kappa shape index (κ3) is 3.46. The highest BCUT2D eigenvalue weighted by Crippen LogP contribution is 2.26. The van der Waals surface area contributed by atoms with Crippen molar-refractivity contribution in [1.29, 1.82) is 0 Å². The molecule has 5 heteroatoms. The third-order valence-electron chi connectivity index (χ3n) is 1.91. The van der Waals surface area contributed by atoms with Gasteiger partial charge in [0, 0.05) is 11.3 Å². The molecule has 1 aromatic carbocycles. The average molecular weight is 211 g/mol. The van der Waals surface area contributed by atoms with Crippen molar-refractivity contribution in [2.45, 2.75) is 13.3 Å². The number of phenolic OH excluding ortho intramolecular Hbond substituents is 1. The predicted octanol–water partition coefficient (Wildman–Crippen LogP) is 1.61. The quantitative estimate of drug-likeness (QED) is 0.593. The first-order valence-corrected chi connectivity index (χ1v) is 4.70. The second-order valence-corrected chi connectivity index (χ2v) is 3.04. The number of benzene rings is 1. The number of hydrogen-bond donors (Lipinski definition) is 1. The zero-order chi connectivity index (χ0) is 11.3. The summed E-state index contributed by atoms with van der Waals surface area (Å²) in [6.45, 7) is 2.14. The van der Waals surface area contributed by atoms with Gasteiger partial charge in [-0.2, -0.15) is 0 Å². The Morgan fingerprint density at radius 2 is 2.27 bits per heavy atom. The third-order valence-corrected chi connectivity index (χ3v) is 1.91. The molecule has 0 spiro atoms. The van der Waals surface area contributed by atoms with Crippen molar-refractivity contribution in [2.24, 2.45) is 0 Å². The van der Waals surface area contributed by atoms with E-state index in [9.17, 15) is 15.2 Å². The lowest BCUT2D eigenvalue weighted by atomic mass is 10.1. The summed E-state index contributed by atoms with van der Waals surface area (Å²) in [5.41, 5.74) is 0.785. The van der Waals surface area contributed by atoms with Crippen molar-refractivity contribution in [1.82, 2.24) is 0 Å². The Morgan fingerprint density at radius 3 is 2.87 bits per heavy atom. The predicted molar refractivity (Wildman–Crippen MR) is 54.8 cm³/mol. The lowest BCUT2D eigenvalue weighted by Crippen LogP contribution is -2.04. The van der Waals surface area contributed by atoms with Crippen LogP contribution in [0.4, 0.5) is 0 Å². The Balaban J connectivity index is 2.73. The van der Waals surface area contributed by atoms with Gasteiger partial charge in [-0.05, 0) is 24.6 Å². The molecular formula is C10H13NO4. The first-order valence-electron chi connectivity index (χ1n) is 4.70. The lowest BCUT2D eigenvalue weighted by Gasteiger charge is -2.07. The fourth-order valence-electron chi connectivity index (χ4n) is 1.21. The molecule has 0 aliphatic heterocycles. The van der Waals surface area contributed by atoms with Gasteiger partial charge in [0.1, 0.15) is 0 Å². The summed E-state index contributed by atoms with van der Waals surface area (Å²) in [4.78, 5) is 9.81. The SMILES string of the molecule is CCOc1cc(CC[N+](=O)[O-])ccc1O. The van der Waals surface area contributed by atoms with Crippen LogP contribution in [0.2, 0.25) is 0 Å². The molecule has 0 fully saturated rings. The van der Waals surface area contributed by atoms with Crippen molar-refractivity contribution >= 4 is 0 Å². The van der Waals surface area contributed by atoms with Crippen LogP contribution in [0.25, 0.3) is 0 Å². The van der Waals surface area contributed by atoms with Crippen molar-refractivity contribution in [3.05, 3.63) is 33.9 Å². The van der Waals surface area contributed by atoms with E-state index in [1.165, 1.54) is 6.07 Å². The van der Waals surface area contributed by atoms with Gasteiger partial charge in [0.05, 0.1) is 6.61 Å². The molecule has 0 aromatic heterocycles. The first kappa shape index (κ1) is 11.3. The number of phenols is 1. The Hall–Kier alpha value is -1.78. The molecule has 0 unspecified atom stereocenters. The Kier molecular flexibility index (Phi) is 3.91. The fourth-order valence-corrected chi connectivity index (χ4v) is 1.21. The summed E-state index contributed by atoms with van der Waals surface area (Å²) in [6.07, 6.45) is 0.341. The van der Waals surface area contributed by atoms with Crippen LogP contribution in [0.15, 0.2) is 18.2 Å². The monoisotopic (exact) mass is 211 g/mol. The van der Waals surface area contributed by atoms with E-state index in [1.54, 1.807) is 12.1 Å². The average Bonchev–Trinajstić information content (AvgIpc) is 2.19. The van der Waals surface area contributed by atoms with Crippen molar-refractivity contribution < 1.29 is 14.8 Å². The smallest absolute Gasteiger partial charge is 0.207 e. The Bertz CT molecular complexity index is 351. The number of nitro groups is 1. The summed E-state index contributed by atoms with van der Waals surface area (Å²) in [5.74, 6) is 0.431. The van der Waals surface area contributed by atoms with Crippen molar-refractivity contribution in [3.63, 3.8) is 0 Å².